The SMILES string of the molecule is CC(C)Cc1nnc(NC(=O)N2CCC(C)C(O)C2)s1. The lowest BCUT2D eigenvalue weighted by Gasteiger charge is -2.33. The summed E-state index contributed by atoms with van der Waals surface area (Å²) in [7, 11) is 0. The third kappa shape index (κ3) is 3.89. The number of carbonyl (C=O) groups excluding carboxylic acids is 1. The van der Waals surface area contributed by atoms with Gasteiger partial charge in [-0.2, -0.15) is 0 Å². The number of β-amino-alcohol motifs (C(OH)–C–C–N with tert-alkyl or cyclic N) is 1. The maximum atomic E-state index is 12.1. The average molecular weight is 298 g/mol. The summed E-state index contributed by atoms with van der Waals surface area (Å²) in [6.45, 7) is 7.29. The summed E-state index contributed by atoms with van der Waals surface area (Å²) in [5, 5.41) is 22.1. The first kappa shape index (κ1) is 15.2. The van der Waals surface area contributed by atoms with Crippen LogP contribution in [0.1, 0.15) is 32.2 Å². The van der Waals surface area contributed by atoms with Crippen LogP contribution in [-0.2, 0) is 6.42 Å². The molecule has 1 aromatic heterocycles. The maximum absolute atomic E-state index is 12.1. The fourth-order valence-electron chi connectivity index (χ4n) is 2.14. The van der Waals surface area contributed by atoms with Crippen LogP contribution in [0.25, 0.3) is 0 Å². The Morgan fingerprint density at radius 1 is 1.55 bits per heavy atom. The third-order valence-corrected chi connectivity index (χ3v) is 4.33. The van der Waals surface area contributed by atoms with Crippen molar-refractivity contribution in [2.45, 2.75) is 39.7 Å². The first-order chi connectivity index (χ1) is 9.45. The van der Waals surface area contributed by atoms with Gasteiger partial charge in [-0.3, -0.25) is 5.32 Å². The summed E-state index contributed by atoms with van der Waals surface area (Å²) in [6.07, 6.45) is 1.25. The lowest BCUT2D eigenvalue weighted by Crippen LogP contribution is -2.47. The lowest BCUT2D eigenvalue weighted by atomic mass is 9.96. The van der Waals surface area contributed by atoms with Crippen molar-refractivity contribution in [3.05, 3.63) is 5.01 Å². The fourth-order valence-corrected chi connectivity index (χ4v) is 3.08. The molecule has 0 aliphatic carbocycles. The van der Waals surface area contributed by atoms with E-state index in [1.807, 2.05) is 6.92 Å². The highest BCUT2D eigenvalue weighted by Gasteiger charge is 2.27. The van der Waals surface area contributed by atoms with Crippen molar-refractivity contribution < 1.29 is 9.90 Å². The van der Waals surface area contributed by atoms with Crippen LogP contribution in [0.4, 0.5) is 9.93 Å². The quantitative estimate of drug-likeness (QED) is 0.894. The summed E-state index contributed by atoms with van der Waals surface area (Å²) in [5.41, 5.74) is 0. The van der Waals surface area contributed by atoms with E-state index in [-0.39, 0.29) is 11.9 Å². The zero-order valence-corrected chi connectivity index (χ0v) is 13.0. The number of nitrogens with one attached hydrogen (secondary N) is 1. The number of nitrogens with zero attached hydrogens (tertiary/aromatic N) is 3. The highest BCUT2D eigenvalue weighted by Crippen LogP contribution is 2.21. The second kappa shape index (κ2) is 6.49. The van der Waals surface area contributed by atoms with Crippen molar-refractivity contribution in [1.82, 2.24) is 15.1 Å². The van der Waals surface area contributed by atoms with E-state index in [2.05, 4.69) is 29.4 Å². The number of aliphatic hydroxyl groups is 1. The van der Waals surface area contributed by atoms with Crippen LogP contribution in [0.2, 0.25) is 0 Å². The minimum atomic E-state index is -0.444. The van der Waals surface area contributed by atoms with Crippen LogP contribution in [0, 0.1) is 11.8 Å². The van der Waals surface area contributed by atoms with Crippen LogP contribution >= 0.6 is 11.3 Å². The van der Waals surface area contributed by atoms with Crippen molar-refractivity contribution in [3.63, 3.8) is 0 Å². The first-order valence-corrected chi connectivity index (χ1v) is 7.83. The molecular formula is C13H22N4O2S. The molecule has 0 bridgehead atoms. The molecule has 1 aliphatic heterocycles. The molecule has 2 amide bonds. The molecular weight excluding hydrogens is 276 g/mol. The minimum Gasteiger partial charge on any atom is -0.391 e. The topological polar surface area (TPSA) is 78.4 Å². The molecule has 0 radical (unpaired) electrons. The van der Waals surface area contributed by atoms with Crippen molar-refractivity contribution >= 4 is 22.5 Å². The van der Waals surface area contributed by atoms with E-state index >= 15 is 0 Å². The van der Waals surface area contributed by atoms with Gasteiger partial charge in [0.05, 0.1) is 6.10 Å². The van der Waals surface area contributed by atoms with Gasteiger partial charge in [-0.25, -0.2) is 4.79 Å². The van der Waals surface area contributed by atoms with E-state index in [9.17, 15) is 9.90 Å². The van der Waals surface area contributed by atoms with Crippen molar-refractivity contribution in [2.75, 3.05) is 18.4 Å². The van der Waals surface area contributed by atoms with Crippen molar-refractivity contribution in [1.29, 1.82) is 0 Å². The predicted octanol–water partition coefficient (Wildman–Crippen LogP) is 1.97. The van der Waals surface area contributed by atoms with Gasteiger partial charge in [-0.15, -0.1) is 10.2 Å². The Hall–Kier alpha value is -1.21. The number of amides is 2. The third-order valence-electron chi connectivity index (χ3n) is 3.47. The Labute approximate surface area is 123 Å². The van der Waals surface area contributed by atoms with Gasteiger partial charge < -0.3 is 10.0 Å². The van der Waals surface area contributed by atoms with E-state index in [0.717, 1.165) is 17.8 Å². The summed E-state index contributed by atoms with van der Waals surface area (Å²) < 4.78 is 0. The number of hydrogen-bond donors (Lipinski definition) is 2. The molecule has 1 aromatic rings. The first-order valence-electron chi connectivity index (χ1n) is 7.02. The Morgan fingerprint density at radius 2 is 2.30 bits per heavy atom. The van der Waals surface area contributed by atoms with Crippen molar-refractivity contribution in [3.8, 4) is 0 Å². The zero-order chi connectivity index (χ0) is 14.7. The molecule has 2 unspecified atom stereocenters. The van der Waals surface area contributed by atoms with Crippen molar-refractivity contribution in [2.24, 2.45) is 11.8 Å². The van der Waals surface area contributed by atoms with E-state index in [1.165, 1.54) is 11.3 Å². The number of urea groups is 1. The van der Waals surface area contributed by atoms with Crippen LogP contribution in [0.15, 0.2) is 0 Å². The summed E-state index contributed by atoms with van der Waals surface area (Å²) in [6, 6.07) is -0.205. The normalized spacial score (nSPS) is 23.1. The van der Waals surface area contributed by atoms with Gasteiger partial charge in [0.15, 0.2) is 0 Å². The molecule has 1 aliphatic rings. The predicted molar refractivity (Wildman–Crippen MR) is 78.8 cm³/mol. The Kier molecular flexibility index (Phi) is 4.93. The van der Waals surface area contributed by atoms with Crippen LogP contribution in [0.3, 0.4) is 0 Å². The number of aromatic nitrogens is 2. The molecule has 20 heavy (non-hydrogen) atoms. The van der Waals surface area contributed by atoms with E-state index in [4.69, 9.17) is 0 Å². The standard InChI is InChI=1S/C13H22N4O2S/c1-8(2)6-11-15-16-12(20-11)14-13(19)17-5-4-9(3)10(18)7-17/h8-10,18H,4-7H2,1-3H3,(H,14,16,19). The zero-order valence-electron chi connectivity index (χ0n) is 12.2. The van der Waals surface area contributed by atoms with Gasteiger partial charge in [-0.1, -0.05) is 32.1 Å². The monoisotopic (exact) mass is 298 g/mol. The number of anilines is 1. The molecule has 2 N–H and O–H groups in total. The second-order valence-electron chi connectivity index (χ2n) is 5.81. The van der Waals surface area contributed by atoms with Crippen LogP contribution < -0.4 is 5.32 Å². The molecule has 2 heterocycles. The number of aliphatic hydroxyl groups excluding tert-OH is 1. The number of likely N-dealkylation sites (tertiary alicyclic amines) is 1. The smallest absolute Gasteiger partial charge is 0.323 e. The van der Waals surface area contributed by atoms with Gasteiger partial charge >= 0.3 is 6.03 Å². The van der Waals surface area contributed by atoms with E-state index in [1.54, 1.807) is 4.90 Å². The summed E-state index contributed by atoms with van der Waals surface area (Å²) >= 11 is 1.41. The highest BCUT2D eigenvalue weighted by atomic mass is 32.1. The Balaban J connectivity index is 1.89. The van der Waals surface area contributed by atoms with Gasteiger partial charge in [0, 0.05) is 19.5 Å². The molecule has 0 spiro atoms. The maximum Gasteiger partial charge on any atom is 0.323 e. The van der Waals surface area contributed by atoms with Gasteiger partial charge in [0.1, 0.15) is 5.01 Å². The molecule has 7 heteroatoms. The molecule has 1 saturated heterocycles. The van der Waals surface area contributed by atoms with Gasteiger partial charge in [0.2, 0.25) is 5.13 Å². The summed E-state index contributed by atoms with van der Waals surface area (Å²) in [5.74, 6) is 0.767. The van der Waals surface area contributed by atoms with E-state index < -0.39 is 6.10 Å². The number of rotatable bonds is 3. The average Bonchev–Trinajstić information content (AvgIpc) is 2.79. The number of piperidine rings is 1. The summed E-state index contributed by atoms with van der Waals surface area (Å²) in [4.78, 5) is 13.7. The molecule has 0 aromatic carbocycles. The molecule has 1 fully saturated rings. The minimum absolute atomic E-state index is 0.205. The van der Waals surface area contributed by atoms with Crippen LogP contribution in [0.5, 0.6) is 0 Å². The van der Waals surface area contributed by atoms with E-state index in [0.29, 0.717) is 24.1 Å². The highest BCUT2D eigenvalue weighted by molar-refractivity contribution is 7.15. The Morgan fingerprint density at radius 3 is 2.95 bits per heavy atom. The fraction of sp³-hybridized carbons (Fsp3) is 0.769. The molecule has 2 rings (SSSR count). The van der Waals surface area contributed by atoms with Gasteiger partial charge in [0.25, 0.3) is 0 Å². The lowest BCUT2D eigenvalue weighted by molar-refractivity contribution is 0.0463. The molecule has 0 saturated carbocycles. The largest absolute Gasteiger partial charge is 0.391 e. The molecule has 2 atom stereocenters. The Bertz CT molecular complexity index is 463. The number of hydrogen-bond acceptors (Lipinski definition) is 5. The molecule has 6 nitrogen and oxygen atoms in total. The molecule has 112 valence electrons. The van der Waals surface area contributed by atoms with Gasteiger partial charge in [-0.05, 0) is 18.3 Å². The van der Waals surface area contributed by atoms with Crippen LogP contribution in [-0.4, -0.2) is 45.4 Å². The second-order valence-corrected chi connectivity index (χ2v) is 6.87. The number of carbonyl (C=O) groups is 1.